The Labute approximate surface area is 141 Å². The minimum atomic E-state index is -0.175. The molecule has 124 valence electrons. The van der Waals surface area contributed by atoms with Crippen LogP contribution in [0.4, 0.5) is 0 Å². The third-order valence-corrected chi connectivity index (χ3v) is 4.75. The van der Waals surface area contributed by atoms with Crippen LogP contribution in [0.5, 0.6) is 0 Å². The minimum Gasteiger partial charge on any atom is -0.351 e. The van der Waals surface area contributed by atoms with Gasteiger partial charge in [-0.15, -0.1) is 10.2 Å². The predicted octanol–water partition coefficient (Wildman–Crippen LogP) is 3.03. The van der Waals surface area contributed by atoms with Gasteiger partial charge in [0.15, 0.2) is 5.16 Å². The molecule has 0 aliphatic heterocycles. The number of hydrogen-bond acceptors (Lipinski definition) is 4. The third-order valence-electron chi connectivity index (χ3n) is 3.78. The average molecular weight is 332 g/mol. The van der Waals surface area contributed by atoms with Gasteiger partial charge in [-0.25, -0.2) is 0 Å². The third kappa shape index (κ3) is 5.10. The lowest BCUT2D eigenvalue weighted by Gasteiger charge is -2.24. The van der Waals surface area contributed by atoms with Gasteiger partial charge in [-0.05, 0) is 32.8 Å². The summed E-state index contributed by atoms with van der Waals surface area (Å²) in [6.07, 6.45) is 0.896. The van der Waals surface area contributed by atoms with Gasteiger partial charge in [0, 0.05) is 5.54 Å². The normalized spacial score (nSPS) is 11.5. The van der Waals surface area contributed by atoms with Crippen molar-refractivity contribution in [2.75, 3.05) is 5.75 Å². The zero-order valence-electron chi connectivity index (χ0n) is 14.2. The number of carbonyl (C=O) groups excluding carboxylic acids is 1. The van der Waals surface area contributed by atoms with Gasteiger partial charge >= 0.3 is 0 Å². The first-order valence-electron chi connectivity index (χ1n) is 7.79. The lowest BCUT2D eigenvalue weighted by atomic mass is 10.0. The van der Waals surface area contributed by atoms with Crippen LogP contribution in [0.25, 0.3) is 0 Å². The Morgan fingerprint density at radius 1 is 1.26 bits per heavy atom. The summed E-state index contributed by atoms with van der Waals surface area (Å²) in [5, 5.41) is 12.1. The molecule has 0 fully saturated rings. The Morgan fingerprint density at radius 3 is 2.61 bits per heavy atom. The number of nitrogens with zero attached hydrogens (tertiary/aromatic N) is 3. The molecule has 2 aromatic rings. The summed E-state index contributed by atoms with van der Waals surface area (Å²) in [5.74, 6) is 1.22. The van der Waals surface area contributed by atoms with Crippen molar-refractivity contribution in [2.45, 2.75) is 51.4 Å². The van der Waals surface area contributed by atoms with Crippen molar-refractivity contribution in [3.8, 4) is 0 Å². The van der Waals surface area contributed by atoms with Crippen molar-refractivity contribution in [1.29, 1.82) is 0 Å². The first-order valence-corrected chi connectivity index (χ1v) is 8.77. The molecule has 0 spiro atoms. The fourth-order valence-corrected chi connectivity index (χ4v) is 2.83. The van der Waals surface area contributed by atoms with Crippen molar-refractivity contribution in [2.24, 2.45) is 0 Å². The van der Waals surface area contributed by atoms with Gasteiger partial charge in [0.1, 0.15) is 5.82 Å². The molecule has 1 heterocycles. The van der Waals surface area contributed by atoms with Crippen LogP contribution in [0.1, 0.15) is 38.6 Å². The van der Waals surface area contributed by atoms with Gasteiger partial charge in [-0.3, -0.25) is 4.79 Å². The van der Waals surface area contributed by atoms with Gasteiger partial charge in [-0.2, -0.15) is 0 Å². The number of nitrogens with one attached hydrogen (secondary N) is 1. The number of amides is 1. The average Bonchev–Trinajstić information content (AvgIpc) is 2.86. The summed E-state index contributed by atoms with van der Waals surface area (Å²) < 4.78 is 2.04. The predicted molar refractivity (Wildman–Crippen MR) is 93.5 cm³/mol. The van der Waals surface area contributed by atoms with Crippen molar-refractivity contribution in [3.05, 3.63) is 41.7 Å². The Balaban J connectivity index is 2.00. The molecule has 0 saturated carbocycles. The topological polar surface area (TPSA) is 59.8 Å². The van der Waals surface area contributed by atoms with E-state index in [4.69, 9.17) is 0 Å². The maximum Gasteiger partial charge on any atom is 0.230 e. The van der Waals surface area contributed by atoms with Crippen LogP contribution >= 0.6 is 11.8 Å². The van der Waals surface area contributed by atoms with Crippen LogP contribution in [-0.2, 0) is 11.3 Å². The van der Waals surface area contributed by atoms with E-state index in [0.29, 0.717) is 12.3 Å². The van der Waals surface area contributed by atoms with Crippen molar-refractivity contribution < 1.29 is 4.79 Å². The van der Waals surface area contributed by atoms with Crippen LogP contribution in [-0.4, -0.2) is 32.0 Å². The molecule has 6 heteroatoms. The fourth-order valence-electron chi connectivity index (χ4n) is 2.05. The highest BCUT2D eigenvalue weighted by atomic mass is 32.2. The molecule has 1 aromatic carbocycles. The largest absolute Gasteiger partial charge is 0.351 e. The second-order valence-corrected chi connectivity index (χ2v) is 7.12. The van der Waals surface area contributed by atoms with Crippen LogP contribution in [0, 0.1) is 6.92 Å². The van der Waals surface area contributed by atoms with Crippen LogP contribution in [0.15, 0.2) is 35.5 Å². The number of thioether (sulfide) groups is 1. The molecule has 23 heavy (non-hydrogen) atoms. The molecule has 1 aromatic heterocycles. The first-order chi connectivity index (χ1) is 10.9. The molecule has 5 nitrogen and oxygen atoms in total. The molecule has 1 N–H and O–H groups in total. The number of rotatable bonds is 7. The monoisotopic (exact) mass is 332 g/mol. The van der Waals surface area contributed by atoms with Gasteiger partial charge in [0.2, 0.25) is 5.91 Å². The first kappa shape index (κ1) is 17.5. The zero-order valence-corrected chi connectivity index (χ0v) is 15.0. The van der Waals surface area contributed by atoms with Crippen LogP contribution < -0.4 is 5.32 Å². The highest BCUT2D eigenvalue weighted by Crippen LogP contribution is 2.19. The molecule has 2 rings (SSSR count). The molecule has 0 unspecified atom stereocenters. The highest BCUT2D eigenvalue weighted by Gasteiger charge is 2.19. The van der Waals surface area contributed by atoms with E-state index in [9.17, 15) is 4.79 Å². The maximum absolute atomic E-state index is 12.1. The molecular formula is C17H24N4OS. The van der Waals surface area contributed by atoms with E-state index in [1.54, 1.807) is 0 Å². The summed E-state index contributed by atoms with van der Waals surface area (Å²) in [6, 6.07) is 10.2. The summed E-state index contributed by atoms with van der Waals surface area (Å²) in [5.41, 5.74) is 1.01. The second-order valence-electron chi connectivity index (χ2n) is 6.18. The molecule has 0 bridgehead atoms. The summed E-state index contributed by atoms with van der Waals surface area (Å²) >= 11 is 1.42. The zero-order chi connectivity index (χ0) is 16.9. The van der Waals surface area contributed by atoms with E-state index in [1.165, 1.54) is 17.3 Å². The van der Waals surface area contributed by atoms with E-state index in [-0.39, 0.29) is 11.4 Å². The van der Waals surface area contributed by atoms with E-state index in [2.05, 4.69) is 34.6 Å². The smallest absolute Gasteiger partial charge is 0.230 e. The number of hydrogen-bond donors (Lipinski definition) is 1. The molecule has 0 atom stereocenters. The Hall–Kier alpha value is -1.82. The number of benzene rings is 1. The van der Waals surface area contributed by atoms with E-state index < -0.39 is 0 Å². The Morgan fingerprint density at radius 2 is 1.96 bits per heavy atom. The molecular weight excluding hydrogens is 308 g/mol. The van der Waals surface area contributed by atoms with Crippen LogP contribution in [0.3, 0.4) is 0 Å². The molecule has 0 radical (unpaired) electrons. The fraction of sp³-hybridized carbons (Fsp3) is 0.471. The van der Waals surface area contributed by atoms with E-state index in [1.807, 2.05) is 43.5 Å². The quantitative estimate of drug-likeness (QED) is 0.792. The second kappa shape index (κ2) is 7.64. The lowest BCUT2D eigenvalue weighted by Crippen LogP contribution is -2.43. The number of carbonyl (C=O) groups is 1. The standard InChI is InChI=1S/C17H24N4OS/c1-5-17(3,4)18-15(22)12-23-16-20-19-13(2)21(16)11-14-9-7-6-8-10-14/h6-10H,5,11-12H2,1-4H3,(H,18,22). The van der Waals surface area contributed by atoms with Gasteiger partial charge in [0.05, 0.1) is 12.3 Å². The van der Waals surface area contributed by atoms with Gasteiger partial charge in [0.25, 0.3) is 0 Å². The molecule has 1 amide bonds. The van der Waals surface area contributed by atoms with Gasteiger partial charge < -0.3 is 9.88 Å². The summed E-state index contributed by atoms with van der Waals surface area (Å²) in [6.45, 7) is 8.76. The molecule has 0 saturated heterocycles. The van der Waals surface area contributed by atoms with Crippen molar-refractivity contribution in [3.63, 3.8) is 0 Å². The van der Waals surface area contributed by atoms with Crippen LogP contribution in [0.2, 0.25) is 0 Å². The molecule has 0 aliphatic rings. The van der Waals surface area contributed by atoms with Crippen molar-refractivity contribution >= 4 is 17.7 Å². The number of aryl methyl sites for hydroxylation is 1. The van der Waals surface area contributed by atoms with Gasteiger partial charge in [-0.1, -0.05) is 49.0 Å². The minimum absolute atomic E-state index is 0.0220. The van der Waals surface area contributed by atoms with E-state index >= 15 is 0 Å². The highest BCUT2D eigenvalue weighted by molar-refractivity contribution is 7.99. The number of aromatic nitrogens is 3. The van der Waals surface area contributed by atoms with E-state index in [0.717, 1.165) is 17.4 Å². The Bertz CT molecular complexity index is 652. The van der Waals surface area contributed by atoms with Crippen molar-refractivity contribution in [1.82, 2.24) is 20.1 Å². The maximum atomic E-state index is 12.1. The lowest BCUT2D eigenvalue weighted by molar-refractivity contribution is -0.120. The summed E-state index contributed by atoms with van der Waals surface area (Å²) in [4.78, 5) is 12.1. The Kier molecular flexibility index (Phi) is 5.82. The summed E-state index contributed by atoms with van der Waals surface area (Å²) in [7, 11) is 0. The molecule has 0 aliphatic carbocycles. The SMILES string of the molecule is CCC(C)(C)NC(=O)CSc1nnc(C)n1Cc1ccccc1.